The molecule has 0 radical (unpaired) electrons. The van der Waals surface area contributed by atoms with Crippen LogP contribution in [-0.4, -0.2) is 25.0 Å². The third-order valence-corrected chi connectivity index (χ3v) is 3.27. The molecule has 0 saturated carbocycles. The smallest absolute Gasteiger partial charge is 0.462 e. The van der Waals surface area contributed by atoms with Gasteiger partial charge in [-0.25, -0.2) is 4.39 Å². The SMILES string of the molecule is CC(=O)OC1CCNC(c2ccc(OC(F)(F)F)cc2F)C1.Cl. The van der Waals surface area contributed by atoms with Gasteiger partial charge in [0, 0.05) is 31.0 Å². The van der Waals surface area contributed by atoms with Crippen molar-refractivity contribution in [2.45, 2.75) is 38.3 Å². The van der Waals surface area contributed by atoms with Crippen LogP contribution >= 0.6 is 12.4 Å². The molecule has 0 amide bonds. The molecule has 0 aromatic heterocycles. The second-order valence-corrected chi connectivity index (χ2v) is 4.99. The van der Waals surface area contributed by atoms with Gasteiger partial charge < -0.3 is 14.8 Å². The molecule has 1 aromatic carbocycles. The third kappa shape index (κ3) is 5.87. The van der Waals surface area contributed by atoms with Gasteiger partial charge in [0.05, 0.1) is 0 Å². The molecular formula is C14H16ClF4NO3. The van der Waals surface area contributed by atoms with E-state index in [2.05, 4.69) is 10.1 Å². The quantitative estimate of drug-likeness (QED) is 0.664. The average molecular weight is 358 g/mol. The van der Waals surface area contributed by atoms with Gasteiger partial charge >= 0.3 is 12.3 Å². The summed E-state index contributed by atoms with van der Waals surface area (Å²) >= 11 is 0. The number of piperidine rings is 1. The van der Waals surface area contributed by atoms with Crippen LogP contribution in [-0.2, 0) is 9.53 Å². The van der Waals surface area contributed by atoms with Crippen molar-refractivity contribution in [1.29, 1.82) is 0 Å². The van der Waals surface area contributed by atoms with Gasteiger partial charge in [-0.3, -0.25) is 4.79 Å². The van der Waals surface area contributed by atoms with Crippen molar-refractivity contribution >= 4 is 18.4 Å². The molecule has 4 nitrogen and oxygen atoms in total. The molecule has 1 saturated heterocycles. The second kappa shape index (κ2) is 7.83. The van der Waals surface area contributed by atoms with Gasteiger partial charge in [0.25, 0.3) is 0 Å². The van der Waals surface area contributed by atoms with Gasteiger partial charge in [0.2, 0.25) is 0 Å². The molecule has 1 fully saturated rings. The van der Waals surface area contributed by atoms with Crippen molar-refractivity contribution in [3.63, 3.8) is 0 Å². The van der Waals surface area contributed by atoms with Gasteiger partial charge in [-0.15, -0.1) is 25.6 Å². The van der Waals surface area contributed by atoms with E-state index in [4.69, 9.17) is 4.74 Å². The Bertz CT molecular complexity index is 553. The van der Waals surface area contributed by atoms with Crippen LogP contribution in [0.15, 0.2) is 18.2 Å². The van der Waals surface area contributed by atoms with Crippen LogP contribution in [0, 0.1) is 5.82 Å². The molecule has 1 N–H and O–H groups in total. The predicted octanol–water partition coefficient (Wildman–Crippen LogP) is 3.50. The lowest BCUT2D eigenvalue weighted by Gasteiger charge is -2.30. The van der Waals surface area contributed by atoms with E-state index in [1.54, 1.807) is 0 Å². The molecule has 1 aromatic rings. The average Bonchev–Trinajstić information content (AvgIpc) is 2.36. The van der Waals surface area contributed by atoms with E-state index in [0.717, 1.165) is 6.07 Å². The molecule has 2 unspecified atom stereocenters. The number of ether oxygens (including phenoxy) is 2. The van der Waals surface area contributed by atoms with Gasteiger partial charge in [0.1, 0.15) is 17.7 Å². The van der Waals surface area contributed by atoms with Gasteiger partial charge in [-0.1, -0.05) is 6.07 Å². The fourth-order valence-electron chi connectivity index (χ4n) is 2.45. The number of carbonyl (C=O) groups excluding carboxylic acids is 1. The van der Waals surface area contributed by atoms with E-state index in [1.807, 2.05) is 0 Å². The van der Waals surface area contributed by atoms with Crippen molar-refractivity contribution in [3.8, 4) is 5.75 Å². The minimum absolute atomic E-state index is 0. The highest BCUT2D eigenvalue weighted by molar-refractivity contribution is 5.85. The monoisotopic (exact) mass is 357 g/mol. The fraction of sp³-hybridized carbons (Fsp3) is 0.500. The molecule has 2 rings (SSSR count). The molecule has 1 heterocycles. The molecular weight excluding hydrogens is 342 g/mol. The predicted molar refractivity (Wildman–Crippen MR) is 75.9 cm³/mol. The molecule has 0 bridgehead atoms. The first-order valence-corrected chi connectivity index (χ1v) is 6.70. The lowest BCUT2D eigenvalue weighted by Crippen LogP contribution is -2.36. The van der Waals surface area contributed by atoms with E-state index in [1.165, 1.54) is 13.0 Å². The second-order valence-electron chi connectivity index (χ2n) is 4.99. The zero-order chi connectivity index (χ0) is 16.3. The minimum Gasteiger partial charge on any atom is -0.462 e. The van der Waals surface area contributed by atoms with Crippen LogP contribution in [0.1, 0.15) is 31.4 Å². The summed E-state index contributed by atoms with van der Waals surface area (Å²) in [5, 5.41) is 3.05. The third-order valence-electron chi connectivity index (χ3n) is 3.27. The number of esters is 1. The van der Waals surface area contributed by atoms with E-state index >= 15 is 0 Å². The molecule has 1 aliphatic rings. The first-order valence-electron chi connectivity index (χ1n) is 6.70. The number of alkyl halides is 3. The van der Waals surface area contributed by atoms with E-state index < -0.39 is 29.9 Å². The number of carbonyl (C=O) groups is 1. The maximum absolute atomic E-state index is 14.0. The first-order chi connectivity index (χ1) is 10.2. The molecule has 1 aliphatic heterocycles. The fourth-order valence-corrected chi connectivity index (χ4v) is 2.45. The maximum atomic E-state index is 14.0. The van der Waals surface area contributed by atoms with E-state index in [9.17, 15) is 22.4 Å². The number of rotatable bonds is 3. The molecule has 23 heavy (non-hydrogen) atoms. The van der Waals surface area contributed by atoms with Gasteiger partial charge in [-0.2, -0.15) is 0 Å². The maximum Gasteiger partial charge on any atom is 0.573 e. The Morgan fingerprint density at radius 1 is 1.35 bits per heavy atom. The van der Waals surface area contributed by atoms with Crippen LogP contribution in [0.3, 0.4) is 0 Å². The highest BCUT2D eigenvalue weighted by atomic mass is 35.5. The lowest BCUT2D eigenvalue weighted by molar-refractivity contribution is -0.274. The van der Waals surface area contributed by atoms with E-state index in [-0.39, 0.29) is 24.1 Å². The van der Waals surface area contributed by atoms with Crippen LogP contribution in [0.2, 0.25) is 0 Å². The molecule has 0 aliphatic carbocycles. The number of nitrogens with one attached hydrogen (secondary N) is 1. The summed E-state index contributed by atoms with van der Waals surface area (Å²) < 4.78 is 59.1. The zero-order valence-corrected chi connectivity index (χ0v) is 13.0. The van der Waals surface area contributed by atoms with Crippen molar-refractivity contribution < 1.29 is 31.8 Å². The van der Waals surface area contributed by atoms with Crippen LogP contribution in [0.5, 0.6) is 5.75 Å². The van der Waals surface area contributed by atoms with Crippen molar-refractivity contribution in [2.24, 2.45) is 0 Å². The molecule has 0 spiro atoms. The van der Waals surface area contributed by atoms with Crippen molar-refractivity contribution in [1.82, 2.24) is 5.32 Å². The summed E-state index contributed by atoms with van der Waals surface area (Å²) in [6, 6.07) is 2.56. The van der Waals surface area contributed by atoms with Crippen molar-refractivity contribution in [2.75, 3.05) is 6.54 Å². The van der Waals surface area contributed by atoms with Crippen molar-refractivity contribution in [3.05, 3.63) is 29.6 Å². The lowest BCUT2D eigenvalue weighted by atomic mass is 9.95. The summed E-state index contributed by atoms with van der Waals surface area (Å²) in [5.41, 5.74) is 0.214. The highest BCUT2D eigenvalue weighted by Gasteiger charge is 2.32. The Morgan fingerprint density at radius 3 is 2.61 bits per heavy atom. The number of hydrogen-bond acceptors (Lipinski definition) is 4. The zero-order valence-electron chi connectivity index (χ0n) is 12.2. The Morgan fingerprint density at radius 2 is 2.04 bits per heavy atom. The van der Waals surface area contributed by atoms with Crippen LogP contribution in [0.4, 0.5) is 17.6 Å². The minimum atomic E-state index is -4.86. The number of benzene rings is 1. The summed E-state index contributed by atoms with van der Waals surface area (Å²) in [4.78, 5) is 11.0. The van der Waals surface area contributed by atoms with Gasteiger partial charge in [-0.05, 0) is 19.0 Å². The standard InChI is InChI=1S/C14H15F4NO3.ClH/c1-8(20)21-9-4-5-19-13(7-9)11-3-2-10(6-12(11)15)22-14(16,17)18;/h2-3,6,9,13,19H,4-5,7H2,1H3;1H. The Kier molecular flexibility index (Phi) is 6.64. The number of halogens is 5. The summed E-state index contributed by atoms with van der Waals surface area (Å²) in [5.74, 6) is -1.83. The van der Waals surface area contributed by atoms with Gasteiger partial charge in [0.15, 0.2) is 0 Å². The largest absolute Gasteiger partial charge is 0.573 e. The Balaban J connectivity index is 0.00000264. The Hall–Kier alpha value is -1.54. The summed E-state index contributed by atoms with van der Waals surface area (Å²) in [7, 11) is 0. The molecule has 2 atom stereocenters. The topological polar surface area (TPSA) is 47.6 Å². The van der Waals surface area contributed by atoms with Crippen LogP contribution in [0.25, 0.3) is 0 Å². The van der Waals surface area contributed by atoms with E-state index in [0.29, 0.717) is 25.5 Å². The summed E-state index contributed by atoms with van der Waals surface area (Å²) in [6.07, 6.45) is -4.24. The highest BCUT2D eigenvalue weighted by Crippen LogP contribution is 2.30. The summed E-state index contributed by atoms with van der Waals surface area (Å²) in [6.45, 7) is 1.81. The van der Waals surface area contributed by atoms with Crippen LogP contribution < -0.4 is 10.1 Å². The first kappa shape index (κ1) is 19.5. The molecule has 130 valence electrons. The number of hydrogen-bond donors (Lipinski definition) is 1. The molecule has 9 heteroatoms. The Labute approximate surface area is 136 Å². The normalized spacial score (nSPS) is 21.3.